The molecule has 0 bridgehead atoms. The summed E-state index contributed by atoms with van der Waals surface area (Å²) in [6.07, 6.45) is 0.549. The molecule has 1 atom stereocenters. The molecule has 2 aliphatic rings. The average molecular weight is 365 g/mol. The van der Waals surface area contributed by atoms with Gasteiger partial charge < -0.3 is 9.84 Å². The van der Waals surface area contributed by atoms with E-state index in [0.717, 1.165) is 11.1 Å². The van der Waals surface area contributed by atoms with Gasteiger partial charge in [-0.2, -0.15) is 0 Å². The lowest BCUT2D eigenvalue weighted by Crippen LogP contribution is -2.50. The Kier molecular flexibility index (Phi) is 4.17. The molecule has 0 spiro atoms. The molecule has 5 nitrogen and oxygen atoms in total. The summed E-state index contributed by atoms with van der Waals surface area (Å²) < 4.78 is 5.66. The first-order valence-corrected chi connectivity index (χ1v) is 9.27. The van der Waals surface area contributed by atoms with Crippen LogP contribution in [0.25, 0.3) is 11.1 Å². The third-order valence-corrected chi connectivity index (χ3v) is 5.81. The summed E-state index contributed by atoms with van der Waals surface area (Å²) in [4.78, 5) is 25.7. The van der Waals surface area contributed by atoms with Gasteiger partial charge in [0, 0.05) is 11.5 Å². The highest BCUT2D eigenvalue weighted by molar-refractivity contribution is 5.82. The Labute approximate surface area is 158 Å². The normalized spacial score (nSPS) is 20.2. The van der Waals surface area contributed by atoms with Crippen molar-refractivity contribution in [2.24, 2.45) is 0 Å². The molecule has 1 amide bonds. The minimum absolute atomic E-state index is 0.0321. The fraction of sp³-hybridized carbons (Fsp3) is 0.364. The van der Waals surface area contributed by atoms with E-state index >= 15 is 0 Å². The summed E-state index contributed by atoms with van der Waals surface area (Å²) in [5, 5.41) is 9.46. The van der Waals surface area contributed by atoms with Crippen molar-refractivity contribution in [1.82, 2.24) is 4.90 Å². The second-order valence-corrected chi connectivity index (χ2v) is 7.88. The minimum atomic E-state index is -0.978. The standard InChI is InChI=1S/C22H23NO4/c1-22(2)12-11-19(20(24)25)23(22)21(26)27-13-18-16-9-5-3-7-14(16)15-8-4-6-10-17(15)18/h3-10,18-19H,11-13H2,1-2H3,(H,24,25)/t19-/m0/s1. The molecular formula is C22H23NO4. The average Bonchev–Trinajstić information content (AvgIpc) is 3.14. The Balaban J connectivity index is 1.57. The van der Waals surface area contributed by atoms with Gasteiger partial charge in [-0.15, -0.1) is 0 Å². The number of rotatable bonds is 3. The quantitative estimate of drug-likeness (QED) is 0.882. The first kappa shape index (κ1) is 17.6. The number of hydrogen-bond donors (Lipinski definition) is 1. The van der Waals surface area contributed by atoms with Gasteiger partial charge in [-0.05, 0) is 48.9 Å². The number of benzene rings is 2. The van der Waals surface area contributed by atoms with Crippen LogP contribution >= 0.6 is 0 Å². The highest BCUT2D eigenvalue weighted by Gasteiger charge is 2.47. The maximum Gasteiger partial charge on any atom is 0.410 e. The third kappa shape index (κ3) is 2.87. The molecule has 4 rings (SSSR count). The van der Waals surface area contributed by atoms with Crippen LogP contribution in [-0.2, 0) is 9.53 Å². The number of carbonyl (C=O) groups excluding carboxylic acids is 1. The van der Waals surface area contributed by atoms with Crippen LogP contribution in [0.3, 0.4) is 0 Å². The van der Waals surface area contributed by atoms with E-state index in [1.807, 2.05) is 38.1 Å². The Morgan fingerprint density at radius 3 is 2.19 bits per heavy atom. The number of carboxylic acids is 1. The van der Waals surface area contributed by atoms with Gasteiger partial charge in [0.25, 0.3) is 0 Å². The van der Waals surface area contributed by atoms with Crippen molar-refractivity contribution < 1.29 is 19.4 Å². The molecule has 1 N–H and O–H groups in total. The molecule has 27 heavy (non-hydrogen) atoms. The molecule has 2 aromatic rings. The smallest absolute Gasteiger partial charge is 0.410 e. The van der Waals surface area contributed by atoms with E-state index in [1.165, 1.54) is 16.0 Å². The highest BCUT2D eigenvalue weighted by Crippen LogP contribution is 2.44. The molecule has 1 aliphatic carbocycles. The summed E-state index contributed by atoms with van der Waals surface area (Å²) in [5.74, 6) is -1.01. The van der Waals surface area contributed by atoms with Gasteiger partial charge in [-0.1, -0.05) is 48.5 Å². The largest absolute Gasteiger partial charge is 0.480 e. The Hall–Kier alpha value is -2.82. The number of fused-ring (bicyclic) bond motifs is 3. The van der Waals surface area contributed by atoms with E-state index in [9.17, 15) is 14.7 Å². The van der Waals surface area contributed by atoms with Crippen molar-refractivity contribution in [1.29, 1.82) is 0 Å². The van der Waals surface area contributed by atoms with E-state index in [1.54, 1.807) is 0 Å². The SMILES string of the molecule is CC1(C)CC[C@@H](C(=O)O)N1C(=O)OCC1c2ccccc2-c2ccccc21. The van der Waals surface area contributed by atoms with Crippen molar-refractivity contribution in [2.45, 2.75) is 44.2 Å². The summed E-state index contributed by atoms with van der Waals surface area (Å²) in [5.41, 5.74) is 4.09. The predicted molar refractivity (Wildman–Crippen MR) is 102 cm³/mol. The minimum Gasteiger partial charge on any atom is -0.480 e. The van der Waals surface area contributed by atoms with Crippen molar-refractivity contribution in [3.63, 3.8) is 0 Å². The van der Waals surface area contributed by atoms with Crippen LogP contribution in [0.1, 0.15) is 43.7 Å². The van der Waals surface area contributed by atoms with Crippen LogP contribution in [0.4, 0.5) is 4.79 Å². The summed E-state index contributed by atoms with van der Waals surface area (Å²) in [6, 6.07) is 15.5. The van der Waals surface area contributed by atoms with Crippen LogP contribution in [0.2, 0.25) is 0 Å². The van der Waals surface area contributed by atoms with Crippen LogP contribution < -0.4 is 0 Å². The molecule has 0 aromatic heterocycles. The van der Waals surface area contributed by atoms with Gasteiger partial charge in [0.15, 0.2) is 0 Å². The number of amides is 1. The summed E-state index contributed by atoms with van der Waals surface area (Å²) in [6.45, 7) is 3.97. The van der Waals surface area contributed by atoms with Crippen molar-refractivity contribution in [3.8, 4) is 11.1 Å². The molecule has 0 saturated carbocycles. The molecule has 2 aromatic carbocycles. The van der Waals surface area contributed by atoms with Gasteiger partial charge in [-0.3, -0.25) is 4.90 Å². The van der Waals surface area contributed by atoms with Crippen LogP contribution in [0.5, 0.6) is 0 Å². The number of aliphatic carboxylic acids is 1. The molecule has 1 fully saturated rings. The Morgan fingerprint density at radius 2 is 1.63 bits per heavy atom. The highest BCUT2D eigenvalue weighted by atomic mass is 16.6. The monoisotopic (exact) mass is 365 g/mol. The number of likely N-dealkylation sites (tertiary alicyclic amines) is 1. The van der Waals surface area contributed by atoms with Crippen molar-refractivity contribution in [3.05, 3.63) is 59.7 Å². The number of nitrogens with zero attached hydrogens (tertiary/aromatic N) is 1. The molecule has 5 heteroatoms. The van der Waals surface area contributed by atoms with E-state index in [2.05, 4.69) is 24.3 Å². The number of carbonyl (C=O) groups is 2. The lowest BCUT2D eigenvalue weighted by molar-refractivity contribution is -0.142. The Bertz CT molecular complexity index is 859. The maximum absolute atomic E-state index is 12.8. The van der Waals surface area contributed by atoms with Gasteiger partial charge in [0.2, 0.25) is 0 Å². The third-order valence-electron chi connectivity index (χ3n) is 5.81. The maximum atomic E-state index is 12.8. The number of hydrogen-bond acceptors (Lipinski definition) is 3. The lowest BCUT2D eigenvalue weighted by Gasteiger charge is -2.33. The second-order valence-electron chi connectivity index (χ2n) is 7.88. The van der Waals surface area contributed by atoms with Gasteiger partial charge in [-0.25, -0.2) is 9.59 Å². The van der Waals surface area contributed by atoms with E-state index in [-0.39, 0.29) is 12.5 Å². The van der Waals surface area contributed by atoms with Gasteiger partial charge in [0.1, 0.15) is 12.6 Å². The van der Waals surface area contributed by atoms with E-state index < -0.39 is 23.6 Å². The molecule has 0 unspecified atom stereocenters. The first-order valence-electron chi connectivity index (χ1n) is 9.27. The zero-order chi connectivity index (χ0) is 19.2. The summed E-state index contributed by atoms with van der Waals surface area (Å²) in [7, 11) is 0. The lowest BCUT2D eigenvalue weighted by atomic mass is 9.98. The predicted octanol–water partition coefficient (Wildman–Crippen LogP) is 4.26. The zero-order valence-corrected chi connectivity index (χ0v) is 15.5. The fourth-order valence-electron chi connectivity index (χ4n) is 4.43. The van der Waals surface area contributed by atoms with Crippen LogP contribution in [0.15, 0.2) is 48.5 Å². The zero-order valence-electron chi connectivity index (χ0n) is 15.5. The molecule has 1 heterocycles. The molecular weight excluding hydrogens is 342 g/mol. The molecule has 1 aliphatic heterocycles. The van der Waals surface area contributed by atoms with Gasteiger partial charge >= 0.3 is 12.1 Å². The fourth-order valence-corrected chi connectivity index (χ4v) is 4.43. The molecule has 0 radical (unpaired) electrons. The van der Waals surface area contributed by atoms with E-state index in [0.29, 0.717) is 12.8 Å². The number of carboxylic acid groups (broad SMARTS) is 1. The van der Waals surface area contributed by atoms with Gasteiger partial charge in [0.05, 0.1) is 0 Å². The first-order chi connectivity index (χ1) is 12.9. The van der Waals surface area contributed by atoms with Crippen molar-refractivity contribution in [2.75, 3.05) is 6.61 Å². The van der Waals surface area contributed by atoms with Crippen LogP contribution in [0, 0.1) is 0 Å². The van der Waals surface area contributed by atoms with Crippen LogP contribution in [-0.4, -0.2) is 40.3 Å². The topological polar surface area (TPSA) is 66.8 Å². The second kappa shape index (κ2) is 6.41. The van der Waals surface area contributed by atoms with Crippen molar-refractivity contribution >= 4 is 12.1 Å². The number of ether oxygens (including phenoxy) is 1. The Morgan fingerprint density at radius 1 is 1.07 bits per heavy atom. The molecule has 140 valence electrons. The summed E-state index contributed by atoms with van der Waals surface area (Å²) >= 11 is 0. The molecule has 1 saturated heterocycles. The van der Waals surface area contributed by atoms with E-state index in [4.69, 9.17) is 4.74 Å².